The number of piperidine rings is 1. The highest BCUT2D eigenvalue weighted by Gasteiger charge is 2.22. The molecule has 1 aliphatic heterocycles. The fourth-order valence-electron chi connectivity index (χ4n) is 2.77. The Morgan fingerprint density at radius 1 is 1.30 bits per heavy atom. The van der Waals surface area contributed by atoms with E-state index in [1.54, 1.807) is 32.4 Å². The SMILES string of the molecule is COc1ccc(OC)c(C(=O)CC2CCCC(C)N2)c1. The van der Waals surface area contributed by atoms with Crippen LogP contribution in [0, 0.1) is 0 Å². The van der Waals surface area contributed by atoms with Crippen LogP contribution in [0.15, 0.2) is 18.2 Å². The number of ether oxygens (including phenoxy) is 2. The Morgan fingerprint density at radius 2 is 2.10 bits per heavy atom. The average molecular weight is 277 g/mol. The van der Waals surface area contributed by atoms with E-state index in [-0.39, 0.29) is 11.8 Å². The number of ketones is 1. The lowest BCUT2D eigenvalue weighted by Crippen LogP contribution is -2.41. The topological polar surface area (TPSA) is 47.6 Å². The maximum atomic E-state index is 12.5. The van der Waals surface area contributed by atoms with E-state index in [1.807, 2.05) is 0 Å². The van der Waals surface area contributed by atoms with Crippen LogP contribution in [0.25, 0.3) is 0 Å². The molecule has 1 N–H and O–H groups in total. The van der Waals surface area contributed by atoms with Crippen molar-refractivity contribution in [3.8, 4) is 11.5 Å². The first-order chi connectivity index (χ1) is 9.63. The normalized spacial score (nSPS) is 22.4. The van der Waals surface area contributed by atoms with Crippen molar-refractivity contribution in [1.82, 2.24) is 5.32 Å². The highest BCUT2D eigenvalue weighted by atomic mass is 16.5. The number of Topliss-reactive ketones (excluding diaryl/α,β-unsaturated/α-hetero) is 1. The third-order valence-corrected chi connectivity index (χ3v) is 3.85. The van der Waals surface area contributed by atoms with Crippen LogP contribution in [-0.4, -0.2) is 32.1 Å². The molecule has 0 radical (unpaired) electrons. The maximum absolute atomic E-state index is 12.5. The van der Waals surface area contributed by atoms with Crippen molar-refractivity contribution in [3.05, 3.63) is 23.8 Å². The third kappa shape index (κ3) is 3.51. The molecule has 0 aromatic heterocycles. The van der Waals surface area contributed by atoms with Crippen molar-refractivity contribution in [2.75, 3.05) is 14.2 Å². The van der Waals surface area contributed by atoms with Gasteiger partial charge in [0.1, 0.15) is 11.5 Å². The first-order valence-electron chi connectivity index (χ1n) is 7.15. The van der Waals surface area contributed by atoms with Crippen molar-refractivity contribution in [3.63, 3.8) is 0 Å². The molecule has 0 saturated carbocycles. The minimum absolute atomic E-state index is 0.104. The van der Waals surface area contributed by atoms with Crippen LogP contribution in [0.3, 0.4) is 0 Å². The molecule has 20 heavy (non-hydrogen) atoms. The summed E-state index contributed by atoms with van der Waals surface area (Å²) < 4.78 is 10.5. The van der Waals surface area contributed by atoms with E-state index in [1.165, 1.54) is 12.8 Å². The molecule has 2 atom stereocenters. The molecular formula is C16H23NO3. The van der Waals surface area contributed by atoms with E-state index in [9.17, 15) is 4.79 Å². The van der Waals surface area contributed by atoms with Crippen molar-refractivity contribution in [2.24, 2.45) is 0 Å². The zero-order valence-electron chi connectivity index (χ0n) is 12.4. The standard InChI is InChI=1S/C16H23NO3/c1-11-5-4-6-12(17-11)9-15(18)14-10-13(19-2)7-8-16(14)20-3/h7-8,10-12,17H,4-6,9H2,1-3H3. The fraction of sp³-hybridized carbons (Fsp3) is 0.562. The Kier molecular flexibility index (Phi) is 5.01. The Morgan fingerprint density at radius 3 is 2.75 bits per heavy atom. The molecule has 1 heterocycles. The molecule has 1 saturated heterocycles. The van der Waals surface area contributed by atoms with Gasteiger partial charge in [-0.05, 0) is 38.0 Å². The monoisotopic (exact) mass is 277 g/mol. The number of hydrogen-bond donors (Lipinski definition) is 1. The van der Waals surface area contributed by atoms with Gasteiger partial charge in [-0.15, -0.1) is 0 Å². The number of methoxy groups -OCH3 is 2. The van der Waals surface area contributed by atoms with Gasteiger partial charge in [-0.25, -0.2) is 0 Å². The van der Waals surface area contributed by atoms with Crippen LogP contribution in [0.5, 0.6) is 11.5 Å². The van der Waals surface area contributed by atoms with Crippen LogP contribution in [0.2, 0.25) is 0 Å². The molecule has 1 fully saturated rings. The highest BCUT2D eigenvalue weighted by Crippen LogP contribution is 2.26. The van der Waals surface area contributed by atoms with Gasteiger partial charge in [0.2, 0.25) is 0 Å². The Bertz CT molecular complexity index is 473. The summed E-state index contributed by atoms with van der Waals surface area (Å²) in [6.07, 6.45) is 3.94. The summed E-state index contributed by atoms with van der Waals surface area (Å²) in [6, 6.07) is 6.10. The lowest BCUT2D eigenvalue weighted by molar-refractivity contribution is 0.0956. The molecule has 0 amide bonds. The molecular weight excluding hydrogens is 254 g/mol. The predicted molar refractivity (Wildman–Crippen MR) is 78.7 cm³/mol. The first kappa shape index (κ1) is 14.9. The molecule has 0 bridgehead atoms. The summed E-state index contributed by atoms with van der Waals surface area (Å²) in [6.45, 7) is 2.17. The van der Waals surface area contributed by atoms with Gasteiger partial charge in [0.05, 0.1) is 19.8 Å². The minimum Gasteiger partial charge on any atom is -0.497 e. The Hall–Kier alpha value is -1.55. The number of carbonyl (C=O) groups is 1. The summed E-state index contributed by atoms with van der Waals surface area (Å²) >= 11 is 0. The molecule has 1 aromatic rings. The zero-order chi connectivity index (χ0) is 14.5. The largest absolute Gasteiger partial charge is 0.497 e. The van der Waals surface area contributed by atoms with Crippen LogP contribution in [0.4, 0.5) is 0 Å². The second kappa shape index (κ2) is 6.75. The number of rotatable bonds is 5. The fourth-order valence-corrected chi connectivity index (χ4v) is 2.77. The van der Waals surface area contributed by atoms with Gasteiger partial charge in [-0.2, -0.15) is 0 Å². The molecule has 1 aliphatic rings. The summed E-state index contributed by atoms with van der Waals surface area (Å²) in [5.41, 5.74) is 0.604. The molecule has 0 spiro atoms. The smallest absolute Gasteiger partial charge is 0.168 e. The van der Waals surface area contributed by atoms with E-state index >= 15 is 0 Å². The number of hydrogen-bond acceptors (Lipinski definition) is 4. The third-order valence-electron chi connectivity index (χ3n) is 3.85. The molecule has 2 rings (SSSR count). The first-order valence-corrected chi connectivity index (χ1v) is 7.15. The quantitative estimate of drug-likeness (QED) is 0.841. The van der Waals surface area contributed by atoms with Gasteiger partial charge in [0, 0.05) is 18.5 Å². The van der Waals surface area contributed by atoms with Crippen LogP contribution < -0.4 is 14.8 Å². The Balaban J connectivity index is 2.11. The van der Waals surface area contributed by atoms with Gasteiger partial charge >= 0.3 is 0 Å². The van der Waals surface area contributed by atoms with Crippen molar-refractivity contribution in [1.29, 1.82) is 0 Å². The molecule has 0 aliphatic carbocycles. The van der Waals surface area contributed by atoms with Crippen LogP contribution in [-0.2, 0) is 0 Å². The lowest BCUT2D eigenvalue weighted by Gasteiger charge is -2.28. The highest BCUT2D eigenvalue weighted by molar-refractivity contribution is 5.99. The summed E-state index contributed by atoms with van der Waals surface area (Å²) in [5, 5.41) is 3.49. The lowest BCUT2D eigenvalue weighted by atomic mass is 9.94. The van der Waals surface area contributed by atoms with E-state index < -0.39 is 0 Å². The predicted octanol–water partition coefficient (Wildman–Crippen LogP) is 2.81. The van der Waals surface area contributed by atoms with Gasteiger partial charge in [-0.1, -0.05) is 6.42 Å². The van der Waals surface area contributed by atoms with Crippen molar-refractivity contribution < 1.29 is 14.3 Å². The van der Waals surface area contributed by atoms with Gasteiger partial charge in [0.25, 0.3) is 0 Å². The summed E-state index contributed by atoms with van der Waals surface area (Å²) in [7, 11) is 3.18. The second-order valence-electron chi connectivity index (χ2n) is 5.39. The van der Waals surface area contributed by atoms with Gasteiger partial charge < -0.3 is 14.8 Å². The maximum Gasteiger partial charge on any atom is 0.168 e. The molecule has 4 heteroatoms. The van der Waals surface area contributed by atoms with E-state index in [4.69, 9.17) is 9.47 Å². The summed E-state index contributed by atoms with van der Waals surface area (Å²) in [4.78, 5) is 12.5. The molecule has 2 unspecified atom stereocenters. The van der Waals surface area contributed by atoms with Crippen molar-refractivity contribution >= 4 is 5.78 Å². The van der Waals surface area contributed by atoms with Gasteiger partial charge in [0.15, 0.2) is 5.78 Å². The average Bonchev–Trinajstić information content (AvgIpc) is 2.46. The van der Waals surface area contributed by atoms with Crippen LogP contribution in [0.1, 0.15) is 43.0 Å². The minimum atomic E-state index is 0.104. The number of carbonyl (C=O) groups excluding carboxylic acids is 1. The van der Waals surface area contributed by atoms with Crippen molar-refractivity contribution in [2.45, 2.75) is 44.7 Å². The number of nitrogens with one attached hydrogen (secondary N) is 1. The molecule has 1 aromatic carbocycles. The molecule has 110 valence electrons. The van der Waals surface area contributed by atoms with Gasteiger partial charge in [-0.3, -0.25) is 4.79 Å². The van der Waals surface area contributed by atoms with E-state index in [0.717, 1.165) is 6.42 Å². The Labute approximate surface area is 120 Å². The zero-order valence-corrected chi connectivity index (χ0v) is 12.4. The summed E-state index contributed by atoms with van der Waals surface area (Å²) in [5.74, 6) is 1.39. The second-order valence-corrected chi connectivity index (χ2v) is 5.39. The number of benzene rings is 1. The van der Waals surface area contributed by atoms with Crippen LogP contribution >= 0.6 is 0 Å². The van der Waals surface area contributed by atoms with E-state index in [2.05, 4.69) is 12.2 Å². The molecule has 4 nitrogen and oxygen atoms in total. The van der Waals surface area contributed by atoms with E-state index in [0.29, 0.717) is 29.5 Å².